The molecule has 1 amide bonds. The minimum Gasteiger partial charge on any atom is -0.490 e. The Morgan fingerprint density at radius 3 is 2.57 bits per heavy atom. The van der Waals surface area contributed by atoms with Gasteiger partial charge in [-0.1, -0.05) is 0 Å². The van der Waals surface area contributed by atoms with Crippen molar-refractivity contribution in [2.45, 2.75) is 13.3 Å². The average molecular weight is 303 g/mol. The zero-order chi connectivity index (χ0) is 15.8. The van der Waals surface area contributed by atoms with Crippen LogP contribution in [-0.4, -0.2) is 43.2 Å². The molecule has 1 aromatic carbocycles. The molecule has 0 heterocycles. The van der Waals surface area contributed by atoms with Crippen molar-refractivity contribution in [3.05, 3.63) is 23.8 Å². The molecule has 0 aliphatic carbocycles. The Bertz CT molecular complexity index is 507. The first-order chi connectivity index (χ1) is 9.93. The van der Waals surface area contributed by atoms with Gasteiger partial charge in [-0.2, -0.15) is 0 Å². The maximum absolute atomic E-state index is 12.0. The predicted molar refractivity (Wildman–Crippen MR) is 69.1 cm³/mol. The van der Waals surface area contributed by atoms with Gasteiger partial charge in [0.25, 0.3) is 12.3 Å². The van der Waals surface area contributed by atoms with E-state index in [0.29, 0.717) is 0 Å². The molecule has 0 spiro atoms. The van der Waals surface area contributed by atoms with E-state index >= 15 is 0 Å². The smallest absolute Gasteiger partial charge is 0.341 e. The van der Waals surface area contributed by atoms with Crippen molar-refractivity contribution in [3.8, 4) is 11.5 Å². The second kappa shape index (κ2) is 8.03. The number of ether oxygens (including phenoxy) is 2. The van der Waals surface area contributed by atoms with Gasteiger partial charge in [-0.3, -0.25) is 4.79 Å². The minimum atomic E-state index is -2.64. The lowest BCUT2D eigenvalue weighted by Crippen LogP contribution is -2.28. The Balaban J connectivity index is 2.86. The summed E-state index contributed by atoms with van der Waals surface area (Å²) < 4.78 is 34.3. The number of rotatable bonds is 8. The molecule has 0 aliphatic rings. The summed E-state index contributed by atoms with van der Waals surface area (Å²) in [7, 11) is 0. The quantitative estimate of drug-likeness (QED) is 0.761. The van der Waals surface area contributed by atoms with Crippen molar-refractivity contribution in [2.24, 2.45) is 0 Å². The number of aliphatic carboxylic acids is 1. The zero-order valence-electron chi connectivity index (χ0n) is 11.3. The molecule has 0 fully saturated rings. The molecule has 0 saturated heterocycles. The third kappa shape index (κ3) is 5.64. The number of carbonyl (C=O) groups is 2. The summed E-state index contributed by atoms with van der Waals surface area (Å²) in [5.74, 6) is -1.51. The summed E-state index contributed by atoms with van der Waals surface area (Å²) in [5.41, 5.74) is 0.113. The van der Waals surface area contributed by atoms with Crippen LogP contribution in [-0.2, 0) is 4.79 Å². The number of amides is 1. The molecule has 6 nitrogen and oxygen atoms in total. The predicted octanol–water partition coefficient (Wildman–Crippen LogP) is 1.54. The molecule has 116 valence electrons. The van der Waals surface area contributed by atoms with Crippen molar-refractivity contribution >= 4 is 11.9 Å². The first-order valence-corrected chi connectivity index (χ1v) is 6.11. The lowest BCUT2D eigenvalue weighted by atomic mass is 10.2. The zero-order valence-corrected chi connectivity index (χ0v) is 11.3. The van der Waals surface area contributed by atoms with Crippen LogP contribution >= 0.6 is 0 Å². The van der Waals surface area contributed by atoms with Gasteiger partial charge in [-0.15, -0.1) is 0 Å². The van der Waals surface area contributed by atoms with Crippen LogP contribution < -0.4 is 14.8 Å². The molecule has 1 aromatic rings. The number of alkyl halides is 2. The molecule has 1 rings (SSSR count). The third-order valence-electron chi connectivity index (χ3n) is 2.27. The molecular weight excluding hydrogens is 288 g/mol. The topological polar surface area (TPSA) is 84.9 Å². The summed E-state index contributed by atoms with van der Waals surface area (Å²) in [5, 5.41) is 10.6. The molecule has 0 aromatic heterocycles. The number of hydrogen-bond donors (Lipinski definition) is 2. The fourth-order valence-electron chi connectivity index (χ4n) is 1.45. The van der Waals surface area contributed by atoms with E-state index in [-0.39, 0.29) is 23.7 Å². The Hall–Kier alpha value is -2.38. The van der Waals surface area contributed by atoms with Crippen LogP contribution in [0.2, 0.25) is 0 Å². The molecule has 0 saturated carbocycles. The molecular formula is C13H15F2NO5. The van der Waals surface area contributed by atoms with E-state index in [1.165, 1.54) is 18.2 Å². The third-order valence-corrected chi connectivity index (χ3v) is 2.27. The van der Waals surface area contributed by atoms with Gasteiger partial charge in [-0.25, -0.2) is 13.6 Å². The lowest BCUT2D eigenvalue weighted by Gasteiger charge is -2.12. The highest BCUT2D eigenvalue weighted by Crippen LogP contribution is 2.28. The standard InChI is InChI=1S/C13H15F2NO5/c1-2-20-10-5-8(13(19)16-6-11(14)15)3-4-9(10)21-7-12(17)18/h3-5,11H,2,6-7H2,1H3,(H,16,19)(H,17,18). The number of hydrogen-bond acceptors (Lipinski definition) is 4. The van der Waals surface area contributed by atoms with Gasteiger partial charge >= 0.3 is 5.97 Å². The van der Waals surface area contributed by atoms with E-state index in [4.69, 9.17) is 14.6 Å². The van der Waals surface area contributed by atoms with E-state index in [9.17, 15) is 18.4 Å². The van der Waals surface area contributed by atoms with Crippen LogP contribution in [0.4, 0.5) is 8.78 Å². The van der Waals surface area contributed by atoms with E-state index in [0.717, 1.165) is 0 Å². The molecule has 0 bridgehead atoms. The number of carboxylic acids is 1. The molecule has 0 aliphatic heterocycles. The van der Waals surface area contributed by atoms with Gasteiger partial charge in [0.05, 0.1) is 13.2 Å². The fourth-order valence-corrected chi connectivity index (χ4v) is 1.45. The summed E-state index contributed by atoms with van der Waals surface area (Å²) >= 11 is 0. The van der Waals surface area contributed by atoms with Crippen LogP contribution in [0.25, 0.3) is 0 Å². The van der Waals surface area contributed by atoms with E-state index in [1.807, 2.05) is 0 Å². The Morgan fingerprint density at radius 1 is 1.29 bits per heavy atom. The molecule has 21 heavy (non-hydrogen) atoms. The van der Waals surface area contributed by atoms with Crippen molar-refractivity contribution in [1.29, 1.82) is 0 Å². The van der Waals surface area contributed by atoms with Gasteiger partial charge in [0.1, 0.15) is 0 Å². The Kier molecular flexibility index (Phi) is 6.38. The maximum atomic E-state index is 12.0. The summed E-state index contributed by atoms with van der Waals surface area (Å²) in [6, 6.07) is 3.99. The number of halogens is 2. The monoisotopic (exact) mass is 303 g/mol. The highest BCUT2D eigenvalue weighted by Gasteiger charge is 2.13. The molecule has 0 atom stereocenters. The lowest BCUT2D eigenvalue weighted by molar-refractivity contribution is -0.139. The second-order valence-electron chi connectivity index (χ2n) is 3.88. The van der Waals surface area contributed by atoms with Crippen LogP contribution in [0.3, 0.4) is 0 Å². The minimum absolute atomic E-state index is 0.113. The number of carbonyl (C=O) groups excluding carboxylic acids is 1. The van der Waals surface area contributed by atoms with Crippen molar-refractivity contribution in [2.75, 3.05) is 19.8 Å². The van der Waals surface area contributed by atoms with Crippen LogP contribution in [0.5, 0.6) is 11.5 Å². The first kappa shape index (κ1) is 16.7. The molecule has 2 N–H and O–H groups in total. The van der Waals surface area contributed by atoms with Crippen molar-refractivity contribution in [3.63, 3.8) is 0 Å². The highest BCUT2D eigenvalue weighted by atomic mass is 19.3. The number of nitrogens with one attached hydrogen (secondary N) is 1. The van der Waals surface area contributed by atoms with Crippen LogP contribution in [0.1, 0.15) is 17.3 Å². The molecule has 0 unspecified atom stereocenters. The van der Waals surface area contributed by atoms with Crippen LogP contribution in [0, 0.1) is 0 Å². The maximum Gasteiger partial charge on any atom is 0.341 e. The largest absolute Gasteiger partial charge is 0.490 e. The first-order valence-electron chi connectivity index (χ1n) is 6.11. The van der Waals surface area contributed by atoms with Gasteiger partial charge in [0, 0.05) is 5.56 Å². The van der Waals surface area contributed by atoms with Gasteiger partial charge in [0.15, 0.2) is 18.1 Å². The Labute approximate surface area is 119 Å². The molecule has 0 radical (unpaired) electrons. The van der Waals surface area contributed by atoms with Crippen molar-refractivity contribution < 1.29 is 33.0 Å². The normalized spacial score (nSPS) is 10.3. The number of benzene rings is 1. The number of carboxylic acid groups (broad SMARTS) is 1. The summed E-state index contributed by atoms with van der Waals surface area (Å²) in [4.78, 5) is 22.1. The fraction of sp³-hybridized carbons (Fsp3) is 0.385. The Morgan fingerprint density at radius 2 is 2.00 bits per heavy atom. The van der Waals surface area contributed by atoms with E-state index in [1.54, 1.807) is 6.92 Å². The summed E-state index contributed by atoms with van der Waals surface area (Å²) in [6.07, 6.45) is -2.64. The van der Waals surface area contributed by atoms with Gasteiger partial charge in [0.2, 0.25) is 0 Å². The van der Waals surface area contributed by atoms with E-state index in [2.05, 4.69) is 5.32 Å². The highest BCUT2D eigenvalue weighted by molar-refractivity contribution is 5.94. The molecule has 8 heteroatoms. The van der Waals surface area contributed by atoms with Gasteiger partial charge < -0.3 is 19.9 Å². The SMILES string of the molecule is CCOc1cc(C(=O)NCC(F)F)ccc1OCC(=O)O. The summed E-state index contributed by atoms with van der Waals surface area (Å²) in [6.45, 7) is 0.660. The second-order valence-corrected chi connectivity index (χ2v) is 3.88. The van der Waals surface area contributed by atoms with Crippen LogP contribution in [0.15, 0.2) is 18.2 Å². The average Bonchev–Trinajstić information content (AvgIpc) is 2.43. The van der Waals surface area contributed by atoms with Crippen molar-refractivity contribution in [1.82, 2.24) is 5.32 Å². The van der Waals surface area contributed by atoms with Gasteiger partial charge in [-0.05, 0) is 25.1 Å². The van der Waals surface area contributed by atoms with E-state index < -0.39 is 31.5 Å².